The Morgan fingerprint density at radius 1 is 1.37 bits per heavy atom. The Hall–Kier alpha value is -1.83. The molecule has 1 aromatic rings. The fourth-order valence-electron chi connectivity index (χ4n) is 1.22. The van der Waals surface area contributed by atoms with E-state index < -0.39 is 30.1 Å². The van der Waals surface area contributed by atoms with Crippen LogP contribution in [0.25, 0.3) is 0 Å². The maximum Gasteiger partial charge on any atom is 0.419 e. The van der Waals surface area contributed by atoms with Crippen LogP contribution in [-0.2, 0) is 11.0 Å². The van der Waals surface area contributed by atoms with Crippen molar-refractivity contribution in [3.63, 3.8) is 0 Å². The average Bonchev–Trinajstić information content (AvgIpc) is 2.34. The van der Waals surface area contributed by atoms with Crippen LogP contribution in [-0.4, -0.2) is 25.6 Å². The monoisotopic (exact) mass is 280 g/mol. The van der Waals surface area contributed by atoms with Crippen molar-refractivity contribution in [3.05, 3.63) is 29.6 Å². The van der Waals surface area contributed by atoms with Gasteiger partial charge < -0.3 is 15.8 Å². The molecule has 0 bridgehead atoms. The van der Waals surface area contributed by atoms with Gasteiger partial charge in [-0.3, -0.25) is 4.79 Å². The number of halogens is 4. The fourth-order valence-corrected chi connectivity index (χ4v) is 1.22. The SMILES string of the molecule is NCCNC(=O)COc1ccc(F)c(C(F)(F)F)c1. The van der Waals surface area contributed by atoms with Crippen molar-refractivity contribution >= 4 is 5.91 Å². The molecule has 0 unspecified atom stereocenters. The van der Waals surface area contributed by atoms with E-state index in [-0.39, 0.29) is 18.8 Å². The zero-order chi connectivity index (χ0) is 14.5. The molecule has 0 aliphatic carbocycles. The van der Waals surface area contributed by atoms with Crippen molar-refractivity contribution in [1.82, 2.24) is 5.32 Å². The molecule has 106 valence electrons. The number of amides is 1. The Balaban J connectivity index is 2.68. The molecule has 19 heavy (non-hydrogen) atoms. The van der Waals surface area contributed by atoms with Crippen LogP contribution in [0, 0.1) is 5.82 Å². The number of carbonyl (C=O) groups is 1. The number of benzene rings is 1. The van der Waals surface area contributed by atoms with Gasteiger partial charge >= 0.3 is 6.18 Å². The average molecular weight is 280 g/mol. The lowest BCUT2D eigenvalue weighted by Crippen LogP contribution is -2.32. The molecule has 0 saturated heterocycles. The Bertz CT molecular complexity index is 449. The van der Waals surface area contributed by atoms with Crippen molar-refractivity contribution in [3.8, 4) is 5.75 Å². The second kappa shape index (κ2) is 6.37. The Labute approximate surface area is 106 Å². The van der Waals surface area contributed by atoms with Crippen LogP contribution in [0.5, 0.6) is 5.75 Å². The minimum absolute atomic E-state index is 0.236. The Morgan fingerprint density at radius 3 is 2.63 bits per heavy atom. The molecule has 0 aliphatic rings. The first-order valence-electron chi connectivity index (χ1n) is 5.31. The third-order valence-corrected chi connectivity index (χ3v) is 2.08. The normalized spacial score (nSPS) is 11.2. The van der Waals surface area contributed by atoms with E-state index in [1.165, 1.54) is 0 Å². The van der Waals surface area contributed by atoms with Crippen molar-refractivity contribution < 1.29 is 27.1 Å². The number of rotatable bonds is 5. The smallest absolute Gasteiger partial charge is 0.419 e. The molecule has 4 nitrogen and oxygen atoms in total. The summed E-state index contributed by atoms with van der Waals surface area (Å²) in [4.78, 5) is 11.1. The molecular weight excluding hydrogens is 268 g/mol. The van der Waals surface area contributed by atoms with E-state index in [1.807, 2.05) is 0 Å². The van der Waals surface area contributed by atoms with Gasteiger partial charge in [-0.05, 0) is 18.2 Å². The standard InChI is InChI=1S/C11H12F4N2O2/c12-9-2-1-7(5-8(9)11(13,14)15)19-6-10(18)17-4-3-16/h1-2,5H,3-4,6,16H2,(H,17,18). The second-order valence-corrected chi connectivity index (χ2v) is 3.57. The summed E-state index contributed by atoms with van der Waals surface area (Å²) in [5.74, 6) is -2.16. The second-order valence-electron chi connectivity index (χ2n) is 3.57. The summed E-state index contributed by atoms with van der Waals surface area (Å²) in [6, 6.07) is 2.16. The molecule has 0 heterocycles. The number of alkyl halides is 3. The van der Waals surface area contributed by atoms with E-state index in [1.54, 1.807) is 0 Å². The summed E-state index contributed by atoms with van der Waals surface area (Å²) in [6.45, 7) is 0.00283. The van der Waals surface area contributed by atoms with Gasteiger partial charge in [-0.1, -0.05) is 0 Å². The van der Waals surface area contributed by atoms with Gasteiger partial charge in [0.05, 0.1) is 5.56 Å². The van der Waals surface area contributed by atoms with Crippen LogP contribution in [0.1, 0.15) is 5.56 Å². The van der Waals surface area contributed by atoms with Gasteiger partial charge in [-0.15, -0.1) is 0 Å². The van der Waals surface area contributed by atoms with Crippen LogP contribution >= 0.6 is 0 Å². The first kappa shape index (κ1) is 15.2. The zero-order valence-corrected chi connectivity index (χ0v) is 9.76. The molecule has 3 N–H and O–H groups in total. The quantitative estimate of drug-likeness (QED) is 0.799. The lowest BCUT2D eigenvalue weighted by molar-refractivity contribution is -0.140. The highest BCUT2D eigenvalue weighted by molar-refractivity contribution is 5.77. The van der Waals surface area contributed by atoms with Crippen LogP contribution in [0.3, 0.4) is 0 Å². The van der Waals surface area contributed by atoms with Crippen LogP contribution < -0.4 is 15.8 Å². The van der Waals surface area contributed by atoms with Crippen LogP contribution in [0.4, 0.5) is 17.6 Å². The van der Waals surface area contributed by atoms with E-state index in [9.17, 15) is 22.4 Å². The Kier molecular flexibility index (Phi) is 5.11. The van der Waals surface area contributed by atoms with Crippen LogP contribution in [0.15, 0.2) is 18.2 Å². The largest absolute Gasteiger partial charge is 0.484 e. The van der Waals surface area contributed by atoms with Gasteiger partial charge in [0.1, 0.15) is 11.6 Å². The lowest BCUT2D eigenvalue weighted by atomic mass is 10.2. The summed E-state index contributed by atoms with van der Waals surface area (Å²) in [7, 11) is 0. The minimum Gasteiger partial charge on any atom is -0.484 e. The van der Waals surface area contributed by atoms with Gasteiger partial charge in [0.15, 0.2) is 6.61 Å². The molecule has 0 radical (unpaired) electrons. The molecule has 1 amide bonds. The summed E-state index contributed by atoms with van der Waals surface area (Å²) < 4.78 is 55.0. The van der Waals surface area contributed by atoms with Gasteiger partial charge in [-0.2, -0.15) is 13.2 Å². The van der Waals surface area contributed by atoms with E-state index in [4.69, 9.17) is 10.5 Å². The molecule has 1 aromatic carbocycles. The van der Waals surface area contributed by atoms with E-state index in [0.29, 0.717) is 12.1 Å². The highest BCUT2D eigenvalue weighted by atomic mass is 19.4. The lowest BCUT2D eigenvalue weighted by Gasteiger charge is -2.11. The molecule has 0 fully saturated rings. The Morgan fingerprint density at radius 2 is 2.05 bits per heavy atom. The number of nitrogens with one attached hydrogen (secondary N) is 1. The van der Waals surface area contributed by atoms with E-state index in [2.05, 4.69) is 5.32 Å². The number of hydrogen-bond acceptors (Lipinski definition) is 3. The summed E-state index contributed by atoms with van der Waals surface area (Å²) >= 11 is 0. The predicted octanol–water partition coefficient (Wildman–Crippen LogP) is 1.30. The number of nitrogens with two attached hydrogens (primary N) is 1. The van der Waals surface area contributed by atoms with E-state index >= 15 is 0 Å². The van der Waals surface area contributed by atoms with Crippen LogP contribution in [0.2, 0.25) is 0 Å². The summed E-state index contributed by atoms with van der Waals surface area (Å²) in [5, 5.41) is 2.37. The van der Waals surface area contributed by atoms with Gasteiger partial charge in [-0.25, -0.2) is 4.39 Å². The van der Waals surface area contributed by atoms with Crippen molar-refractivity contribution in [2.24, 2.45) is 5.73 Å². The first-order valence-corrected chi connectivity index (χ1v) is 5.31. The number of carbonyl (C=O) groups excluding carboxylic acids is 1. The predicted molar refractivity (Wildman–Crippen MR) is 59.0 cm³/mol. The van der Waals surface area contributed by atoms with Crippen molar-refractivity contribution in [1.29, 1.82) is 0 Å². The molecule has 0 saturated carbocycles. The molecule has 8 heteroatoms. The number of ether oxygens (including phenoxy) is 1. The molecule has 0 spiro atoms. The zero-order valence-electron chi connectivity index (χ0n) is 9.76. The van der Waals surface area contributed by atoms with E-state index in [0.717, 1.165) is 6.07 Å². The van der Waals surface area contributed by atoms with Gasteiger partial charge in [0.25, 0.3) is 5.91 Å². The fraction of sp³-hybridized carbons (Fsp3) is 0.364. The minimum atomic E-state index is -4.81. The topological polar surface area (TPSA) is 64.3 Å². The summed E-state index contributed by atoms with van der Waals surface area (Å²) in [6.07, 6.45) is -4.81. The number of hydrogen-bond donors (Lipinski definition) is 2. The molecule has 0 atom stereocenters. The van der Waals surface area contributed by atoms with Gasteiger partial charge in [0, 0.05) is 13.1 Å². The molecule has 0 aromatic heterocycles. The van der Waals surface area contributed by atoms with Crippen molar-refractivity contribution in [2.45, 2.75) is 6.18 Å². The first-order chi connectivity index (χ1) is 8.84. The summed E-state index contributed by atoms with van der Waals surface area (Å²) in [5.41, 5.74) is 3.71. The maximum atomic E-state index is 13.0. The molecule has 1 rings (SSSR count). The van der Waals surface area contributed by atoms with Crippen molar-refractivity contribution in [2.75, 3.05) is 19.7 Å². The highest BCUT2D eigenvalue weighted by Gasteiger charge is 2.34. The third-order valence-electron chi connectivity index (χ3n) is 2.08. The third kappa shape index (κ3) is 4.74. The maximum absolute atomic E-state index is 13.0. The van der Waals surface area contributed by atoms with Gasteiger partial charge in [0.2, 0.25) is 0 Å². The molecular formula is C11H12F4N2O2. The highest BCUT2D eigenvalue weighted by Crippen LogP contribution is 2.33. The molecule has 0 aliphatic heterocycles.